The average molecular weight is 906 g/mol. The summed E-state index contributed by atoms with van der Waals surface area (Å²) in [6, 6.07) is 36.3. The van der Waals surface area contributed by atoms with Crippen LogP contribution in [-0.2, 0) is 38.5 Å². The maximum Gasteiger partial charge on any atom is 0.159 e. The molecule has 0 aromatic heterocycles. The predicted molar refractivity (Wildman–Crippen MR) is 298 cm³/mol. The molecule has 66 heavy (non-hydrogen) atoms. The van der Waals surface area contributed by atoms with Crippen molar-refractivity contribution < 1.29 is 0 Å². The summed E-state index contributed by atoms with van der Waals surface area (Å²) < 4.78 is 0. The second-order valence-electron chi connectivity index (χ2n) is 20.6. The monoisotopic (exact) mass is 905 g/mol. The Kier molecular flexibility index (Phi) is 25.0. The average Bonchev–Trinajstić information content (AvgIpc) is 3.83. The highest BCUT2D eigenvalue weighted by molar-refractivity contribution is 7.13. The van der Waals surface area contributed by atoms with Crippen LogP contribution < -0.4 is 15.6 Å². The first-order chi connectivity index (χ1) is 32.5. The molecular formula is C65H96Si. The highest BCUT2D eigenvalue weighted by Gasteiger charge is 2.49. The van der Waals surface area contributed by atoms with Gasteiger partial charge in [0.25, 0.3) is 0 Å². The van der Waals surface area contributed by atoms with Gasteiger partial charge in [0.1, 0.15) is 0 Å². The van der Waals surface area contributed by atoms with E-state index < -0.39 is 8.07 Å². The molecule has 0 saturated heterocycles. The molecule has 0 spiro atoms. The smallest absolute Gasteiger partial charge is 0.0787 e. The second kappa shape index (κ2) is 30.9. The third-order valence-electron chi connectivity index (χ3n) is 14.9. The maximum absolute atomic E-state index is 2.91. The molecule has 4 aromatic rings. The van der Waals surface area contributed by atoms with Crippen LogP contribution >= 0.6 is 0 Å². The number of aryl methyl sites for hydroxylation is 6. The van der Waals surface area contributed by atoms with Gasteiger partial charge in [0.15, 0.2) is 8.07 Å². The lowest BCUT2D eigenvalue weighted by atomic mass is 10.00. The van der Waals surface area contributed by atoms with Crippen molar-refractivity contribution in [3.63, 3.8) is 0 Å². The summed E-state index contributed by atoms with van der Waals surface area (Å²) in [5, 5.41) is 5.00. The Morgan fingerprint density at radius 3 is 0.894 bits per heavy atom. The number of rotatable bonds is 35. The number of unbranched alkanes of at least 4 members (excludes halogenated alkanes) is 18. The molecule has 0 fully saturated rings. The lowest BCUT2D eigenvalue weighted by Gasteiger charge is -2.41. The molecular weight excluding hydrogens is 809 g/mol. The fourth-order valence-corrected chi connectivity index (χ4v) is 16.9. The molecule has 0 heterocycles. The van der Waals surface area contributed by atoms with E-state index in [0.29, 0.717) is 0 Å². The molecule has 0 amide bonds. The van der Waals surface area contributed by atoms with Gasteiger partial charge in [-0.1, -0.05) is 260 Å². The van der Waals surface area contributed by atoms with Crippen molar-refractivity contribution >= 4 is 29.2 Å². The van der Waals surface area contributed by atoms with Gasteiger partial charge in [-0.15, -0.1) is 0 Å². The van der Waals surface area contributed by atoms with Gasteiger partial charge in [0.05, 0.1) is 0 Å². The van der Waals surface area contributed by atoms with E-state index in [1.807, 2.05) is 0 Å². The molecule has 5 rings (SSSR count). The van der Waals surface area contributed by atoms with Gasteiger partial charge in [-0.2, -0.15) is 0 Å². The molecule has 1 aliphatic rings. The Morgan fingerprint density at radius 2 is 0.621 bits per heavy atom. The second-order valence-corrected chi connectivity index (χ2v) is 24.6. The third kappa shape index (κ3) is 16.4. The summed E-state index contributed by atoms with van der Waals surface area (Å²) in [4.78, 5) is 0. The van der Waals surface area contributed by atoms with E-state index in [1.54, 1.807) is 48.9 Å². The number of hydrogen-bond donors (Lipinski definition) is 0. The van der Waals surface area contributed by atoms with Gasteiger partial charge < -0.3 is 0 Å². The van der Waals surface area contributed by atoms with E-state index in [1.165, 1.54) is 204 Å². The topological polar surface area (TPSA) is 0 Å². The molecule has 1 heteroatoms. The van der Waals surface area contributed by atoms with E-state index in [-0.39, 0.29) is 5.54 Å². The summed E-state index contributed by atoms with van der Waals surface area (Å²) in [5.74, 6) is 0. The van der Waals surface area contributed by atoms with Crippen molar-refractivity contribution in [2.75, 3.05) is 0 Å². The normalized spacial score (nSPS) is 13.8. The van der Waals surface area contributed by atoms with Gasteiger partial charge in [-0.3, -0.25) is 0 Å². The largest absolute Gasteiger partial charge is 0.159 e. The highest BCUT2D eigenvalue weighted by Crippen LogP contribution is 2.42. The Labute approximate surface area is 409 Å². The van der Waals surface area contributed by atoms with Crippen molar-refractivity contribution in [2.45, 2.75) is 240 Å². The Hall–Kier alpha value is -3.42. The van der Waals surface area contributed by atoms with Crippen molar-refractivity contribution in [1.29, 1.82) is 0 Å². The van der Waals surface area contributed by atoms with Gasteiger partial charge in [0.2, 0.25) is 0 Å². The lowest BCUT2D eigenvalue weighted by molar-refractivity contribution is 0.661. The van der Waals surface area contributed by atoms with Crippen LogP contribution in [0.4, 0.5) is 0 Å². The lowest BCUT2D eigenvalue weighted by Crippen LogP contribution is -2.70. The maximum atomic E-state index is 2.80. The molecule has 0 saturated carbocycles. The SMILES string of the molecule is CCCCCCc1cc(CCCCCC)cc([Si](c2cc(CCCCCC)cc(CCCCCC)c2)(c2cc(CCCCCC)cc(CCCCCC)c2)C2C=CC=C2c2ccccc2)c1. The van der Waals surface area contributed by atoms with E-state index >= 15 is 0 Å². The molecule has 4 aromatic carbocycles. The number of benzene rings is 4. The zero-order chi connectivity index (χ0) is 46.7. The Morgan fingerprint density at radius 1 is 0.333 bits per heavy atom. The van der Waals surface area contributed by atoms with E-state index in [2.05, 4.69) is 145 Å². The van der Waals surface area contributed by atoms with E-state index in [9.17, 15) is 0 Å². The summed E-state index contributed by atoms with van der Waals surface area (Å²) >= 11 is 0. The quantitative estimate of drug-likeness (QED) is 0.0245. The number of allylic oxidation sites excluding steroid dienone is 4. The van der Waals surface area contributed by atoms with Crippen LogP contribution in [0, 0.1) is 0 Å². The third-order valence-corrected chi connectivity index (χ3v) is 20.0. The van der Waals surface area contributed by atoms with Crippen LogP contribution in [0.25, 0.3) is 5.57 Å². The summed E-state index contributed by atoms with van der Waals surface area (Å²) in [7, 11) is -2.91. The standard InChI is InChI=1S/C65H96Si/c1-7-13-19-26-35-54-45-55(36-27-20-14-8-2)49-61(48-54)66(65-44-34-43-64(65)60-41-32-25-33-42-60,62-50-56(37-28-21-15-9-3)46-57(51-62)38-29-22-16-10-4)63-52-58(39-30-23-17-11-5)47-59(53-63)40-31-24-18-12-6/h25,32-34,41-53,65H,7-24,26-31,35-40H2,1-6H3. The molecule has 0 radical (unpaired) electrons. The van der Waals surface area contributed by atoms with Gasteiger partial charge in [0, 0.05) is 5.54 Å². The fourth-order valence-electron chi connectivity index (χ4n) is 11.2. The fraction of sp³-hybridized carbons (Fsp3) is 0.569. The minimum Gasteiger partial charge on any atom is -0.0787 e. The van der Waals surface area contributed by atoms with Gasteiger partial charge in [-0.05, 0) is 137 Å². The summed E-state index contributed by atoms with van der Waals surface area (Å²) in [5.41, 5.74) is 12.7. The highest BCUT2D eigenvalue weighted by atomic mass is 28.3. The van der Waals surface area contributed by atoms with Crippen LogP contribution in [0.15, 0.2) is 103 Å². The first-order valence-electron chi connectivity index (χ1n) is 28.3. The van der Waals surface area contributed by atoms with E-state index in [4.69, 9.17) is 0 Å². The van der Waals surface area contributed by atoms with Gasteiger partial charge >= 0.3 is 0 Å². The molecule has 1 aliphatic carbocycles. The van der Waals surface area contributed by atoms with Crippen molar-refractivity contribution in [2.24, 2.45) is 0 Å². The van der Waals surface area contributed by atoms with Crippen LogP contribution in [0.2, 0.25) is 5.54 Å². The minimum absolute atomic E-state index is 0.287. The molecule has 1 unspecified atom stereocenters. The van der Waals surface area contributed by atoms with Crippen LogP contribution in [0.1, 0.15) is 235 Å². The van der Waals surface area contributed by atoms with Crippen molar-refractivity contribution in [1.82, 2.24) is 0 Å². The summed E-state index contributed by atoms with van der Waals surface area (Å²) in [6.45, 7) is 14.1. The van der Waals surface area contributed by atoms with Crippen LogP contribution in [0.5, 0.6) is 0 Å². The van der Waals surface area contributed by atoms with E-state index in [0.717, 1.165) is 0 Å². The molecule has 0 N–H and O–H groups in total. The minimum atomic E-state index is -2.91. The molecule has 360 valence electrons. The Balaban J connectivity index is 1.89. The molecule has 0 nitrogen and oxygen atoms in total. The zero-order valence-electron chi connectivity index (χ0n) is 43.6. The summed E-state index contributed by atoms with van der Waals surface area (Å²) in [6.07, 6.45) is 46.1. The van der Waals surface area contributed by atoms with Crippen molar-refractivity contribution in [3.05, 3.63) is 142 Å². The van der Waals surface area contributed by atoms with Crippen LogP contribution in [0.3, 0.4) is 0 Å². The number of hydrogen-bond acceptors (Lipinski definition) is 0. The zero-order valence-corrected chi connectivity index (χ0v) is 44.6. The predicted octanol–water partition coefficient (Wildman–Crippen LogP) is 17.9. The molecule has 1 atom stereocenters. The van der Waals surface area contributed by atoms with Gasteiger partial charge in [-0.25, -0.2) is 0 Å². The first kappa shape index (κ1) is 53.5. The molecule has 0 bridgehead atoms. The Bertz CT molecular complexity index is 1730. The molecule has 0 aliphatic heterocycles. The van der Waals surface area contributed by atoms with Crippen LogP contribution in [-0.4, -0.2) is 8.07 Å². The van der Waals surface area contributed by atoms with Crippen molar-refractivity contribution in [3.8, 4) is 0 Å². The first-order valence-corrected chi connectivity index (χ1v) is 30.4.